The number of rotatable bonds is 8. The molecule has 7 heteroatoms. The van der Waals surface area contributed by atoms with Crippen molar-refractivity contribution in [1.29, 1.82) is 0 Å². The lowest BCUT2D eigenvalue weighted by molar-refractivity contribution is 0.0213. The van der Waals surface area contributed by atoms with Gasteiger partial charge in [0.25, 0.3) is 0 Å². The molecular weight excluding hydrogens is 411 g/mol. The number of aromatic nitrogens is 2. The zero-order valence-corrected chi connectivity index (χ0v) is 19.4. The summed E-state index contributed by atoms with van der Waals surface area (Å²) < 4.78 is 21.6. The quantitative estimate of drug-likeness (QED) is 0.496. The summed E-state index contributed by atoms with van der Waals surface area (Å²) in [5, 5.41) is 10.2. The monoisotopic (exact) mass is 442 g/mol. The molecule has 0 bridgehead atoms. The molecule has 2 aromatic carbocycles. The molecule has 0 spiro atoms. The first-order valence-electron chi connectivity index (χ1n) is 10.8. The minimum absolute atomic E-state index is 0.0932. The molecule has 6 nitrogen and oxygen atoms in total. The molecule has 172 valence electrons. The topological polar surface area (TPSA) is 73.5 Å². The molecule has 32 heavy (non-hydrogen) atoms. The maximum Gasteiger partial charge on any atom is 0.333 e. The van der Waals surface area contributed by atoms with Gasteiger partial charge in [0.15, 0.2) is 5.78 Å². The Morgan fingerprint density at radius 2 is 1.78 bits per heavy atom. The summed E-state index contributed by atoms with van der Waals surface area (Å²) in [4.78, 5) is 26.2. The summed E-state index contributed by atoms with van der Waals surface area (Å²) in [6.07, 6.45) is -1.28. The van der Waals surface area contributed by atoms with Crippen LogP contribution in [-0.4, -0.2) is 32.0 Å². The van der Waals surface area contributed by atoms with E-state index in [2.05, 4.69) is 0 Å². The summed E-state index contributed by atoms with van der Waals surface area (Å²) in [7, 11) is 0. The molecule has 1 heterocycles. The van der Waals surface area contributed by atoms with Gasteiger partial charge in [0.1, 0.15) is 5.75 Å². The number of carbonyl (C=O) groups is 1. The van der Waals surface area contributed by atoms with Crippen LogP contribution in [0.15, 0.2) is 47.3 Å². The van der Waals surface area contributed by atoms with E-state index in [-0.39, 0.29) is 29.9 Å². The fourth-order valence-corrected chi connectivity index (χ4v) is 3.67. The maximum absolute atomic E-state index is 13.3. The highest BCUT2D eigenvalue weighted by atomic mass is 19.1. The summed E-state index contributed by atoms with van der Waals surface area (Å²) in [6, 6.07) is 11.8. The predicted molar refractivity (Wildman–Crippen MR) is 124 cm³/mol. The fraction of sp³-hybridized carbons (Fsp3) is 0.440. The number of fused-ring (bicyclic) bond motifs is 1. The van der Waals surface area contributed by atoms with Crippen molar-refractivity contribution in [3.8, 4) is 11.4 Å². The van der Waals surface area contributed by atoms with E-state index in [9.17, 15) is 19.1 Å². The number of Topliss-reactive ketones (excluding diaryl/α,β-unsaturated/α-hetero) is 1. The maximum atomic E-state index is 13.3. The lowest BCUT2D eigenvalue weighted by Crippen LogP contribution is -2.30. The molecule has 0 aliphatic carbocycles. The van der Waals surface area contributed by atoms with Crippen molar-refractivity contribution in [1.82, 2.24) is 9.13 Å². The molecular formula is C25H31FN2O4. The van der Waals surface area contributed by atoms with E-state index in [1.54, 1.807) is 65.4 Å². The van der Waals surface area contributed by atoms with Crippen LogP contribution in [0.25, 0.3) is 16.7 Å². The van der Waals surface area contributed by atoms with Gasteiger partial charge in [0, 0.05) is 31.0 Å². The lowest BCUT2D eigenvalue weighted by atomic mass is 9.87. The number of aliphatic hydroxyl groups is 1. The standard InChI is InChI=1S/C25H31FN2O4/c1-15(2)27-22-13-18(23(29)12-16(3)25(5,6)31)10-11-21(22)28(24(27)30)19-8-7-9-20(14-19)32-17(4)26/h7-11,13-17,31H,12H2,1-6H3. The fourth-order valence-electron chi connectivity index (χ4n) is 3.67. The highest BCUT2D eigenvalue weighted by Gasteiger charge is 2.26. The van der Waals surface area contributed by atoms with Crippen LogP contribution in [0.4, 0.5) is 4.39 Å². The normalized spacial score (nSPS) is 14.0. The van der Waals surface area contributed by atoms with Gasteiger partial charge >= 0.3 is 5.69 Å². The number of alkyl halides is 1. The summed E-state index contributed by atoms with van der Waals surface area (Å²) >= 11 is 0. The van der Waals surface area contributed by atoms with E-state index in [0.717, 1.165) is 0 Å². The first-order chi connectivity index (χ1) is 14.9. The second-order valence-electron chi connectivity index (χ2n) is 9.13. The van der Waals surface area contributed by atoms with Gasteiger partial charge < -0.3 is 9.84 Å². The van der Waals surface area contributed by atoms with E-state index < -0.39 is 12.0 Å². The third-order valence-corrected chi connectivity index (χ3v) is 5.78. The van der Waals surface area contributed by atoms with Crippen molar-refractivity contribution in [3.63, 3.8) is 0 Å². The van der Waals surface area contributed by atoms with Crippen molar-refractivity contribution < 1.29 is 19.0 Å². The molecule has 0 aliphatic rings. The number of ether oxygens (including phenoxy) is 1. The van der Waals surface area contributed by atoms with Gasteiger partial charge in [-0.05, 0) is 63.9 Å². The zero-order chi connectivity index (χ0) is 23.8. The van der Waals surface area contributed by atoms with Crippen LogP contribution in [0.5, 0.6) is 5.75 Å². The average molecular weight is 443 g/mol. The van der Waals surface area contributed by atoms with Crippen LogP contribution in [0.3, 0.4) is 0 Å². The van der Waals surface area contributed by atoms with Crippen LogP contribution in [-0.2, 0) is 0 Å². The highest BCUT2D eigenvalue weighted by molar-refractivity contribution is 5.99. The van der Waals surface area contributed by atoms with E-state index in [1.165, 1.54) is 6.92 Å². The molecule has 0 fully saturated rings. The Hall–Kier alpha value is -2.93. The molecule has 0 amide bonds. The minimum atomic E-state index is -1.47. The molecule has 1 aromatic heterocycles. The Morgan fingerprint density at radius 1 is 1.09 bits per heavy atom. The smallest absolute Gasteiger partial charge is 0.333 e. The van der Waals surface area contributed by atoms with Crippen LogP contribution >= 0.6 is 0 Å². The molecule has 3 aromatic rings. The van der Waals surface area contributed by atoms with Crippen LogP contribution in [0, 0.1) is 5.92 Å². The minimum Gasteiger partial charge on any atom is -0.461 e. The molecule has 1 N–H and O–H groups in total. The van der Waals surface area contributed by atoms with E-state index >= 15 is 0 Å². The number of hydrogen-bond donors (Lipinski definition) is 1. The Labute approximate surface area is 187 Å². The lowest BCUT2D eigenvalue weighted by Gasteiger charge is -2.25. The van der Waals surface area contributed by atoms with Crippen LogP contribution < -0.4 is 10.4 Å². The summed E-state index contributed by atoms with van der Waals surface area (Å²) in [6.45, 7) is 10.3. The van der Waals surface area contributed by atoms with Crippen molar-refractivity contribution in [2.45, 2.75) is 66.0 Å². The Bertz CT molecular complexity index is 1180. The Kier molecular flexibility index (Phi) is 6.60. The number of hydrogen-bond acceptors (Lipinski definition) is 4. The third-order valence-electron chi connectivity index (χ3n) is 5.78. The molecule has 0 saturated heterocycles. The second-order valence-corrected chi connectivity index (χ2v) is 9.13. The van der Waals surface area contributed by atoms with Crippen molar-refractivity contribution in [2.75, 3.05) is 0 Å². The molecule has 3 rings (SSSR count). The largest absolute Gasteiger partial charge is 0.461 e. The van der Waals surface area contributed by atoms with Gasteiger partial charge in [-0.25, -0.2) is 9.18 Å². The first kappa shape index (κ1) is 23.7. The van der Waals surface area contributed by atoms with Crippen molar-refractivity contribution >= 4 is 16.8 Å². The molecule has 0 saturated carbocycles. The van der Waals surface area contributed by atoms with Crippen LogP contribution in [0.2, 0.25) is 0 Å². The number of nitrogens with zero attached hydrogens (tertiary/aromatic N) is 2. The van der Waals surface area contributed by atoms with Gasteiger partial charge in [0.05, 0.1) is 22.3 Å². The Balaban J connectivity index is 2.12. The molecule has 0 aliphatic heterocycles. The van der Waals surface area contributed by atoms with Crippen LogP contribution in [0.1, 0.15) is 64.4 Å². The number of imidazole rings is 1. The predicted octanol–water partition coefficient (Wildman–Crippen LogP) is 5.05. The second kappa shape index (κ2) is 8.90. The highest BCUT2D eigenvalue weighted by Crippen LogP contribution is 2.26. The number of halogens is 1. The molecule has 2 unspecified atom stereocenters. The van der Waals surface area contributed by atoms with E-state index in [4.69, 9.17) is 4.74 Å². The Morgan fingerprint density at radius 3 is 2.38 bits per heavy atom. The average Bonchev–Trinajstić information content (AvgIpc) is 2.97. The van der Waals surface area contributed by atoms with Gasteiger partial charge in [-0.3, -0.25) is 13.9 Å². The van der Waals surface area contributed by atoms with E-state index in [0.29, 0.717) is 28.0 Å². The molecule has 2 atom stereocenters. The van der Waals surface area contributed by atoms with Gasteiger partial charge in [-0.2, -0.15) is 0 Å². The molecule has 0 radical (unpaired) electrons. The number of ketones is 1. The van der Waals surface area contributed by atoms with Gasteiger partial charge in [0.2, 0.25) is 6.36 Å². The SMILES string of the molecule is CC(F)Oc1cccc(-n2c(=O)n(C(C)C)c3cc(C(=O)CC(C)C(C)(C)O)ccc32)c1. The number of carbonyl (C=O) groups excluding carboxylic acids is 1. The van der Waals surface area contributed by atoms with E-state index in [1.807, 2.05) is 20.8 Å². The van der Waals surface area contributed by atoms with Gasteiger partial charge in [-0.15, -0.1) is 0 Å². The van der Waals surface area contributed by atoms with Gasteiger partial charge in [-0.1, -0.05) is 13.0 Å². The third kappa shape index (κ3) is 4.78. The van der Waals surface area contributed by atoms with Crippen molar-refractivity contribution in [3.05, 3.63) is 58.5 Å². The first-order valence-corrected chi connectivity index (χ1v) is 10.8. The zero-order valence-electron chi connectivity index (χ0n) is 19.4. The number of benzene rings is 2. The summed E-state index contributed by atoms with van der Waals surface area (Å²) in [5.74, 6) is 0.00911. The summed E-state index contributed by atoms with van der Waals surface area (Å²) in [5.41, 5.74) is 1.09. The van der Waals surface area contributed by atoms with Crippen molar-refractivity contribution in [2.24, 2.45) is 5.92 Å².